The van der Waals surface area contributed by atoms with E-state index in [-0.39, 0.29) is 11.5 Å². The molecule has 0 bridgehead atoms. The fraction of sp³-hybridized carbons (Fsp3) is 0.500. The maximum atomic E-state index is 13.8. The van der Waals surface area contributed by atoms with Crippen LogP contribution in [0.1, 0.15) is 43.8 Å². The van der Waals surface area contributed by atoms with Crippen LogP contribution in [0.2, 0.25) is 0 Å². The van der Waals surface area contributed by atoms with E-state index in [9.17, 15) is 14.3 Å². The van der Waals surface area contributed by atoms with Gasteiger partial charge in [-0.15, -0.1) is 0 Å². The van der Waals surface area contributed by atoms with Crippen LogP contribution in [-0.4, -0.2) is 16.5 Å². The van der Waals surface area contributed by atoms with Crippen molar-refractivity contribution in [2.45, 2.75) is 43.8 Å². The topological polar surface area (TPSA) is 46.5 Å². The molecular formula is C14H15FO3. The highest BCUT2D eigenvalue weighted by molar-refractivity contribution is 5.79. The van der Waals surface area contributed by atoms with Crippen LogP contribution in [-0.2, 0) is 4.79 Å². The summed E-state index contributed by atoms with van der Waals surface area (Å²) in [6.45, 7) is 0. The van der Waals surface area contributed by atoms with Crippen LogP contribution >= 0.6 is 0 Å². The number of carbonyl (C=O) groups excluding carboxylic acids is 1. The standard InChI is InChI=1S/C14H15FO3/c15-11-3-1-2-10-12(17)8-14(18-13(10)11)6-4-9(16)5-7-14/h1-3,12,17H,4-8H2. The minimum Gasteiger partial charge on any atom is -0.484 e. The van der Waals surface area contributed by atoms with Crippen molar-refractivity contribution in [2.24, 2.45) is 0 Å². The van der Waals surface area contributed by atoms with Crippen molar-refractivity contribution in [2.75, 3.05) is 0 Å². The summed E-state index contributed by atoms with van der Waals surface area (Å²) in [5.74, 6) is -0.0637. The Morgan fingerprint density at radius 3 is 2.78 bits per heavy atom. The van der Waals surface area contributed by atoms with Gasteiger partial charge in [-0.3, -0.25) is 4.79 Å². The van der Waals surface area contributed by atoms with Gasteiger partial charge in [-0.1, -0.05) is 12.1 Å². The first-order valence-electron chi connectivity index (χ1n) is 6.27. The number of hydrogen-bond acceptors (Lipinski definition) is 3. The Labute approximate surface area is 105 Å². The van der Waals surface area contributed by atoms with E-state index in [1.54, 1.807) is 12.1 Å². The Hall–Kier alpha value is -1.42. The highest BCUT2D eigenvalue weighted by Crippen LogP contribution is 2.46. The number of halogens is 1. The molecule has 4 heteroatoms. The molecule has 1 fully saturated rings. The zero-order valence-electron chi connectivity index (χ0n) is 9.99. The average molecular weight is 250 g/mol. The highest BCUT2D eigenvalue weighted by Gasteiger charge is 2.43. The van der Waals surface area contributed by atoms with E-state index in [1.807, 2.05) is 0 Å². The quantitative estimate of drug-likeness (QED) is 0.769. The molecule has 1 aliphatic heterocycles. The zero-order valence-corrected chi connectivity index (χ0v) is 9.99. The number of aliphatic hydroxyl groups excluding tert-OH is 1. The lowest BCUT2D eigenvalue weighted by molar-refractivity contribution is -0.126. The van der Waals surface area contributed by atoms with Crippen molar-refractivity contribution in [1.82, 2.24) is 0 Å². The third-order valence-electron chi connectivity index (χ3n) is 3.96. The van der Waals surface area contributed by atoms with E-state index in [0.717, 1.165) is 0 Å². The van der Waals surface area contributed by atoms with Crippen LogP contribution in [0.15, 0.2) is 18.2 Å². The molecule has 3 rings (SSSR count). The molecule has 1 saturated carbocycles. The molecule has 1 heterocycles. The maximum absolute atomic E-state index is 13.8. The van der Waals surface area contributed by atoms with Crippen molar-refractivity contribution in [3.63, 3.8) is 0 Å². The number of benzene rings is 1. The van der Waals surface area contributed by atoms with Gasteiger partial charge in [0, 0.05) is 24.8 Å². The third kappa shape index (κ3) is 1.81. The van der Waals surface area contributed by atoms with Crippen molar-refractivity contribution < 1.29 is 19.0 Å². The molecule has 1 atom stereocenters. The van der Waals surface area contributed by atoms with Crippen molar-refractivity contribution in [1.29, 1.82) is 0 Å². The van der Waals surface area contributed by atoms with Crippen LogP contribution in [0.4, 0.5) is 4.39 Å². The summed E-state index contributed by atoms with van der Waals surface area (Å²) in [5.41, 5.74) is -0.0553. The molecule has 1 aromatic rings. The molecule has 0 amide bonds. The molecule has 1 spiro atoms. The van der Waals surface area contributed by atoms with Gasteiger partial charge in [-0.05, 0) is 18.9 Å². The fourth-order valence-corrected chi connectivity index (χ4v) is 2.91. The van der Waals surface area contributed by atoms with Gasteiger partial charge in [-0.25, -0.2) is 4.39 Å². The summed E-state index contributed by atoms with van der Waals surface area (Å²) in [7, 11) is 0. The van der Waals surface area contributed by atoms with E-state index in [1.165, 1.54) is 6.07 Å². The molecule has 3 nitrogen and oxygen atoms in total. The fourth-order valence-electron chi connectivity index (χ4n) is 2.91. The van der Waals surface area contributed by atoms with Crippen LogP contribution < -0.4 is 4.74 Å². The number of Topliss-reactive ketones (excluding diaryl/α,β-unsaturated/α-hetero) is 1. The molecule has 0 saturated heterocycles. The number of ether oxygens (including phenoxy) is 1. The Kier molecular flexibility index (Phi) is 2.63. The number of carbonyl (C=O) groups is 1. The molecule has 1 unspecified atom stereocenters. The molecule has 18 heavy (non-hydrogen) atoms. The maximum Gasteiger partial charge on any atom is 0.165 e. The Balaban J connectivity index is 1.95. The predicted octanol–water partition coefficient (Wildman–Crippen LogP) is 2.52. The molecule has 0 radical (unpaired) electrons. The van der Waals surface area contributed by atoms with Crippen LogP contribution in [0.25, 0.3) is 0 Å². The van der Waals surface area contributed by atoms with Gasteiger partial charge in [0.05, 0.1) is 6.10 Å². The minimum atomic E-state index is -0.711. The summed E-state index contributed by atoms with van der Waals surface area (Å²) in [5, 5.41) is 10.1. The van der Waals surface area contributed by atoms with Crippen LogP contribution in [0.5, 0.6) is 5.75 Å². The van der Waals surface area contributed by atoms with E-state index in [4.69, 9.17) is 4.74 Å². The highest BCUT2D eigenvalue weighted by atomic mass is 19.1. The van der Waals surface area contributed by atoms with E-state index in [2.05, 4.69) is 0 Å². The molecule has 2 aliphatic rings. The van der Waals surface area contributed by atoms with Gasteiger partial charge in [0.25, 0.3) is 0 Å². The van der Waals surface area contributed by atoms with Crippen molar-refractivity contribution in [3.05, 3.63) is 29.6 Å². The molecule has 1 N–H and O–H groups in total. The minimum absolute atomic E-state index is 0.158. The lowest BCUT2D eigenvalue weighted by Gasteiger charge is -2.42. The van der Waals surface area contributed by atoms with Gasteiger partial charge in [0.15, 0.2) is 11.6 Å². The Bertz CT molecular complexity index is 488. The number of fused-ring (bicyclic) bond motifs is 1. The van der Waals surface area contributed by atoms with Gasteiger partial charge >= 0.3 is 0 Å². The van der Waals surface area contributed by atoms with E-state index < -0.39 is 17.5 Å². The molecule has 1 aliphatic carbocycles. The normalized spacial score (nSPS) is 25.7. The predicted molar refractivity (Wildman–Crippen MR) is 62.8 cm³/mol. The Morgan fingerprint density at radius 2 is 2.06 bits per heavy atom. The second kappa shape index (κ2) is 4.05. The Morgan fingerprint density at radius 1 is 1.33 bits per heavy atom. The van der Waals surface area contributed by atoms with Gasteiger partial charge < -0.3 is 9.84 Å². The number of ketones is 1. The first kappa shape index (κ1) is 11.7. The first-order valence-corrected chi connectivity index (χ1v) is 6.27. The molecule has 0 aromatic heterocycles. The average Bonchev–Trinajstić information content (AvgIpc) is 2.35. The molecule has 96 valence electrons. The number of para-hydroxylation sites is 1. The van der Waals surface area contributed by atoms with Crippen molar-refractivity contribution in [3.8, 4) is 5.75 Å². The van der Waals surface area contributed by atoms with Crippen LogP contribution in [0, 0.1) is 5.82 Å². The summed E-state index contributed by atoms with van der Waals surface area (Å²) < 4.78 is 19.6. The summed E-state index contributed by atoms with van der Waals surface area (Å²) in [6, 6.07) is 4.59. The lowest BCUT2D eigenvalue weighted by atomic mass is 9.77. The molecule has 1 aromatic carbocycles. The van der Waals surface area contributed by atoms with Crippen LogP contribution in [0.3, 0.4) is 0 Å². The van der Waals surface area contributed by atoms with E-state index in [0.29, 0.717) is 37.7 Å². The smallest absolute Gasteiger partial charge is 0.165 e. The van der Waals surface area contributed by atoms with Crippen molar-refractivity contribution >= 4 is 5.78 Å². The number of hydrogen-bond donors (Lipinski definition) is 1. The number of aliphatic hydroxyl groups is 1. The molecular weight excluding hydrogens is 235 g/mol. The zero-order chi connectivity index (χ0) is 12.8. The second-order valence-electron chi connectivity index (χ2n) is 5.20. The summed E-state index contributed by atoms with van der Waals surface area (Å²) >= 11 is 0. The monoisotopic (exact) mass is 250 g/mol. The van der Waals surface area contributed by atoms with Gasteiger partial charge in [0.1, 0.15) is 11.4 Å². The van der Waals surface area contributed by atoms with E-state index >= 15 is 0 Å². The summed E-state index contributed by atoms with van der Waals surface area (Å²) in [4.78, 5) is 11.3. The number of rotatable bonds is 0. The lowest BCUT2D eigenvalue weighted by Crippen LogP contribution is -2.44. The summed E-state index contributed by atoms with van der Waals surface area (Å²) in [6.07, 6.45) is 1.77. The largest absolute Gasteiger partial charge is 0.484 e. The first-order chi connectivity index (χ1) is 8.60. The van der Waals surface area contributed by atoms with Gasteiger partial charge in [0.2, 0.25) is 0 Å². The SMILES string of the molecule is O=C1CCC2(CC1)CC(O)c1cccc(F)c1O2. The third-order valence-corrected chi connectivity index (χ3v) is 3.96. The second-order valence-corrected chi connectivity index (χ2v) is 5.20. The van der Waals surface area contributed by atoms with Gasteiger partial charge in [-0.2, -0.15) is 0 Å².